The third-order valence-electron chi connectivity index (χ3n) is 4.27. The first kappa shape index (κ1) is 15.3. The molecule has 5 heteroatoms. The molecule has 2 amide bonds. The molecule has 0 unspecified atom stereocenters. The van der Waals surface area contributed by atoms with Crippen molar-refractivity contribution in [1.29, 1.82) is 0 Å². The smallest absolute Gasteiger partial charge is 0.240 e. The molecule has 1 aliphatic rings. The maximum Gasteiger partial charge on any atom is 0.240 e. The van der Waals surface area contributed by atoms with E-state index in [1.807, 2.05) is 31.2 Å². The van der Waals surface area contributed by atoms with E-state index in [1.54, 1.807) is 18.4 Å². The van der Waals surface area contributed by atoms with E-state index in [0.29, 0.717) is 25.1 Å². The van der Waals surface area contributed by atoms with Crippen molar-refractivity contribution in [3.8, 4) is 0 Å². The topological polar surface area (TPSA) is 71.3 Å². The van der Waals surface area contributed by atoms with Crippen molar-refractivity contribution >= 4 is 17.5 Å². The van der Waals surface area contributed by atoms with Gasteiger partial charge in [0.1, 0.15) is 11.2 Å². The summed E-state index contributed by atoms with van der Waals surface area (Å²) in [6, 6.07) is 11.2. The summed E-state index contributed by atoms with van der Waals surface area (Å²) in [4.78, 5) is 25.0. The Morgan fingerprint density at radius 1 is 1.13 bits per heavy atom. The number of para-hydroxylation sites is 1. The summed E-state index contributed by atoms with van der Waals surface area (Å²) >= 11 is 0. The second kappa shape index (κ2) is 6.28. The fourth-order valence-electron chi connectivity index (χ4n) is 2.62. The summed E-state index contributed by atoms with van der Waals surface area (Å²) in [6.45, 7) is 2.33. The molecule has 1 saturated carbocycles. The van der Waals surface area contributed by atoms with Crippen molar-refractivity contribution in [3.05, 3.63) is 54.0 Å². The molecule has 0 spiro atoms. The predicted octanol–water partition coefficient (Wildman–Crippen LogP) is 2.88. The highest BCUT2D eigenvalue weighted by atomic mass is 16.3. The van der Waals surface area contributed by atoms with Crippen LogP contribution in [0.5, 0.6) is 0 Å². The Morgan fingerprint density at radius 3 is 2.57 bits per heavy atom. The number of carbonyl (C=O) groups is 2. The molecule has 3 rings (SSSR count). The lowest BCUT2D eigenvalue weighted by atomic mass is 10.0. The molecule has 2 N–H and O–H groups in total. The van der Waals surface area contributed by atoms with Crippen LogP contribution in [0.15, 0.2) is 47.1 Å². The highest BCUT2D eigenvalue weighted by Gasteiger charge is 2.56. The maximum absolute atomic E-state index is 12.6. The molecule has 0 saturated heterocycles. The molecule has 0 radical (unpaired) electrons. The van der Waals surface area contributed by atoms with Gasteiger partial charge in [-0.3, -0.25) is 9.59 Å². The van der Waals surface area contributed by atoms with Gasteiger partial charge >= 0.3 is 0 Å². The van der Waals surface area contributed by atoms with E-state index >= 15 is 0 Å². The lowest BCUT2D eigenvalue weighted by molar-refractivity contribution is -0.134. The quantitative estimate of drug-likeness (QED) is 0.806. The van der Waals surface area contributed by atoms with E-state index in [-0.39, 0.29) is 11.8 Å². The van der Waals surface area contributed by atoms with Crippen LogP contribution in [0.2, 0.25) is 0 Å². The second-order valence-corrected chi connectivity index (χ2v) is 5.81. The number of anilines is 1. The van der Waals surface area contributed by atoms with Crippen LogP contribution in [-0.4, -0.2) is 11.8 Å². The van der Waals surface area contributed by atoms with Crippen molar-refractivity contribution in [2.75, 3.05) is 5.32 Å². The standard InChI is InChI=1S/C18H20N2O3/c1-2-13-6-3-4-8-15(13)20-17(22)18(9-10-18)16(21)19-12-14-7-5-11-23-14/h3-8,11H,2,9-10,12H2,1H3,(H,19,21)(H,20,22). The third-order valence-corrected chi connectivity index (χ3v) is 4.27. The molecule has 5 nitrogen and oxygen atoms in total. The van der Waals surface area contributed by atoms with E-state index in [9.17, 15) is 9.59 Å². The molecule has 120 valence electrons. The van der Waals surface area contributed by atoms with Crippen LogP contribution in [0.3, 0.4) is 0 Å². The summed E-state index contributed by atoms with van der Waals surface area (Å²) in [5, 5.41) is 5.70. The van der Waals surface area contributed by atoms with Gasteiger partial charge in [0, 0.05) is 5.69 Å². The number of hydrogen-bond acceptors (Lipinski definition) is 3. The number of carbonyl (C=O) groups excluding carboxylic acids is 2. The van der Waals surface area contributed by atoms with Gasteiger partial charge in [-0.15, -0.1) is 0 Å². The zero-order chi connectivity index (χ0) is 16.3. The average Bonchev–Trinajstić information content (AvgIpc) is 3.23. The van der Waals surface area contributed by atoms with Gasteiger partial charge in [0.25, 0.3) is 0 Å². The summed E-state index contributed by atoms with van der Waals surface area (Å²) in [5.74, 6) is 0.210. The summed E-state index contributed by atoms with van der Waals surface area (Å²) in [5.41, 5.74) is 0.908. The molecular formula is C18H20N2O3. The molecule has 1 aromatic heterocycles. The Hall–Kier alpha value is -2.56. The number of benzene rings is 1. The van der Waals surface area contributed by atoms with E-state index in [0.717, 1.165) is 17.7 Å². The lowest BCUT2D eigenvalue weighted by Crippen LogP contribution is -2.39. The third kappa shape index (κ3) is 3.13. The predicted molar refractivity (Wildman–Crippen MR) is 86.7 cm³/mol. The van der Waals surface area contributed by atoms with Gasteiger partial charge in [-0.2, -0.15) is 0 Å². The summed E-state index contributed by atoms with van der Waals surface area (Å²) < 4.78 is 5.19. The molecule has 1 aliphatic carbocycles. The first-order chi connectivity index (χ1) is 11.2. The minimum atomic E-state index is -0.937. The van der Waals surface area contributed by atoms with Crippen molar-refractivity contribution in [2.45, 2.75) is 32.7 Å². The monoisotopic (exact) mass is 312 g/mol. The van der Waals surface area contributed by atoms with Crippen LogP contribution in [-0.2, 0) is 22.6 Å². The van der Waals surface area contributed by atoms with Crippen molar-refractivity contribution in [3.63, 3.8) is 0 Å². The van der Waals surface area contributed by atoms with Crippen LogP contribution < -0.4 is 10.6 Å². The number of hydrogen-bond donors (Lipinski definition) is 2. The Labute approximate surface area is 135 Å². The molecule has 2 aromatic rings. The molecular weight excluding hydrogens is 292 g/mol. The fourth-order valence-corrected chi connectivity index (χ4v) is 2.62. The lowest BCUT2D eigenvalue weighted by Gasteiger charge is -2.16. The van der Waals surface area contributed by atoms with E-state index < -0.39 is 5.41 Å². The van der Waals surface area contributed by atoms with Crippen LogP contribution in [0.1, 0.15) is 31.1 Å². The molecule has 1 heterocycles. The normalized spacial score (nSPS) is 15.0. The molecule has 0 bridgehead atoms. The number of nitrogens with one attached hydrogen (secondary N) is 2. The maximum atomic E-state index is 12.6. The van der Waals surface area contributed by atoms with Crippen LogP contribution in [0, 0.1) is 5.41 Å². The minimum Gasteiger partial charge on any atom is -0.467 e. The SMILES string of the molecule is CCc1ccccc1NC(=O)C1(C(=O)NCc2ccco2)CC1. The molecule has 1 fully saturated rings. The Balaban J connectivity index is 1.65. The highest BCUT2D eigenvalue weighted by molar-refractivity contribution is 6.13. The summed E-state index contributed by atoms with van der Waals surface area (Å²) in [7, 11) is 0. The minimum absolute atomic E-state index is 0.227. The van der Waals surface area contributed by atoms with Gasteiger partial charge < -0.3 is 15.1 Å². The van der Waals surface area contributed by atoms with E-state index in [2.05, 4.69) is 10.6 Å². The zero-order valence-electron chi connectivity index (χ0n) is 13.1. The van der Waals surface area contributed by atoms with Crippen LogP contribution >= 0.6 is 0 Å². The number of amides is 2. The van der Waals surface area contributed by atoms with Crippen LogP contribution in [0.4, 0.5) is 5.69 Å². The highest BCUT2D eigenvalue weighted by Crippen LogP contribution is 2.47. The molecule has 0 atom stereocenters. The Bertz CT molecular complexity index is 703. The van der Waals surface area contributed by atoms with Gasteiger partial charge in [-0.25, -0.2) is 0 Å². The first-order valence-electron chi connectivity index (χ1n) is 7.86. The van der Waals surface area contributed by atoms with Crippen molar-refractivity contribution < 1.29 is 14.0 Å². The second-order valence-electron chi connectivity index (χ2n) is 5.81. The zero-order valence-corrected chi connectivity index (χ0v) is 13.1. The van der Waals surface area contributed by atoms with Crippen LogP contribution in [0.25, 0.3) is 0 Å². The average molecular weight is 312 g/mol. The number of aryl methyl sites for hydroxylation is 1. The van der Waals surface area contributed by atoms with Gasteiger partial charge in [0.2, 0.25) is 11.8 Å². The molecule has 1 aromatic carbocycles. The first-order valence-corrected chi connectivity index (χ1v) is 7.86. The molecule has 0 aliphatic heterocycles. The van der Waals surface area contributed by atoms with Gasteiger partial charge in [-0.05, 0) is 43.0 Å². The fraction of sp³-hybridized carbons (Fsp3) is 0.333. The van der Waals surface area contributed by atoms with Gasteiger partial charge in [0.05, 0.1) is 12.8 Å². The van der Waals surface area contributed by atoms with Gasteiger partial charge in [0.15, 0.2) is 0 Å². The van der Waals surface area contributed by atoms with Gasteiger partial charge in [-0.1, -0.05) is 25.1 Å². The molecule has 23 heavy (non-hydrogen) atoms. The van der Waals surface area contributed by atoms with E-state index in [1.165, 1.54) is 0 Å². The summed E-state index contributed by atoms with van der Waals surface area (Å²) in [6.07, 6.45) is 3.55. The van der Waals surface area contributed by atoms with Crippen molar-refractivity contribution in [2.24, 2.45) is 5.41 Å². The largest absolute Gasteiger partial charge is 0.467 e. The Kier molecular flexibility index (Phi) is 4.19. The van der Waals surface area contributed by atoms with E-state index in [4.69, 9.17) is 4.42 Å². The number of furan rings is 1. The number of rotatable bonds is 6. The Morgan fingerprint density at radius 2 is 1.91 bits per heavy atom. The van der Waals surface area contributed by atoms with Crippen molar-refractivity contribution in [1.82, 2.24) is 5.32 Å².